The van der Waals surface area contributed by atoms with Crippen molar-refractivity contribution in [3.63, 3.8) is 0 Å². The quantitative estimate of drug-likeness (QED) is 0.560. The standard InChI is InChI=1S/C8H8N2O2/c1-5(2)8(7(11)12-8)6(3-9)4-10/h5-6H,1-2H3. The molecule has 1 rings (SSSR count). The van der Waals surface area contributed by atoms with E-state index in [-0.39, 0.29) is 5.92 Å². The maximum Gasteiger partial charge on any atom is 0.354 e. The summed E-state index contributed by atoms with van der Waals surface area (Å²) in [5, 5.41) is 17.1. The fraction of sp³-hybridized carbons (Fsp3) is 0.625. The van der Waals surface area contributed by atoms with Crippen LogP contribution < -0.4 is 0 Å². The van der Waals surface area contributed by atoms with Crippen molar-refractivity contribution in [2.45, 2.75) is 19.4 Å². The van der Waals surface area contributed by atoms with Crippen LogP contribution in [0, 0.1) is 34.5 Å². The molecular formula is C8H8N2O2. The summed E-state index contributed by atoms with van der Waals surface area (Å²) in [7, 11) is 0. The van der Waals surface area contributed by atoms with Crippen LogP contribution in [0.3, 0.4) is 0 Å². The molecular weight excluding hydrogens is 156 g/mol. The Morgan fingerprint density at radius 2 is 1.83 bits per heavy atom. The van der Waals surface area contributed by atoms with Crippen LogP contribution >= 0.6 is 0 Å². The van der Waals surface area contributed by atoms with Gasteiger partial charge in [-0.25, -0.2) is 4.79 Å². The number of nitriles is 2. The lowest BCUT2D eigenvalue weighted by molar-refractivity contribution is -0.117. The van der Waals surface area contributed by atoms with Gasteiger partial charge in [-0.05, 0) is 0 Å². The Morgan fingerprint density at radius 3 is 1.92 bits per heavy atom. The van der Waals surface area contributed by atoms with E-state index in [1.54, 1.807) is 26.0 Å². The van der Waals surface area contributed by atoms with Crippen LogP contribution in [0.15, 0.2) is 0 Å². The zero-order valence-electron chi connectivity index (χ0n) is 6.87. The highest BCUT2D eigenvalue weighted by Crippen LogP contribution is 2.43. The number of carbonyl (C=O) groups excluding carboxylic acids is 1. The first-order valence-electron chi connectivity index (χ1n) is 3.62. The van der Waals surface area contributed by atoms with Crippen molar-refractivity contribution in [2.24, 2.45) is 11.8 Å². The zero-order chi connectivity index (χ0) is 9.35. The smallest absolute Gasteiger partial charge is 0.354 e. The number of hydrogen-bond acceptors (Lipinski definition) is 4. The van der Waals surface area contributed by atoms with Crippen molar-refractivity contribution >= 4 is 5.97 Å². The van der Waals surface area contributed by atoms with Gasteiger partial charge in [-0.1, -0.05) is 13.8 Å². The van der Waals surface area contributed by atoms with Crippen molar-refractivity contribution in [3.8, 4) is 12.1 Å². The molecule has 1 fully saturated rings. The first-order chi connectivity index (χ1) is 5.59. The third-order valence-corrected chi connectivity index (χ3v) is 2.08. The molecule has 0 aromatic rings. The van der Waals surface area contributed by atoms with Gasteiger partial charge in [0.2, 0.25) is 5.60 Å². The highest BCUT2D eigenvalue weighted by atomic mass is 16.7. The lowest BCUT2D eigenvalue weighted by atomic mass is 9.85. The summed E-state index contributed by atoms with van der Waals surface area (Å²) in [5.41, 5.74) is -1.14. The number of epoxide rings is 1. The van der Waals surface area contributed by atoms with E-state index in [4.69, 9.17) is 15.3 Å². The fourth-order valence-corrected chi connectivity index (χ4v) is 1.21. The van der Waals surface area contributed by atoms with E-state index in [0.29, 0.717) is 0 Å². The molecule has 0 spiro atoms. The van der Waals surface area contributed by atoms with Crippen molar-refractivity contribution in [2.75, 3.05) is 0 Å². The third kappa shape index (κ3) is 0.853. The fourth-order valence-electron chi connectivity index (χ4n) is 1.21. The second-order valence-electron chi connectivity index (χ2n) is 3.03. The normalized spacial score (nSPS) is 26.3. The van der Waals surface area contributed by atoms with Gasteiger partial charge in [0, 0.05) is 5.92 Å². The van der Waals surface area contributed by atoms with Gasteiger partial charge in [-0.15, -0.1) is 0 Å². The average molecular weight is 164 g/mol. The lowest BCUT2D eigenvalue weighted by Gasteiger charge is -2.11. The largest absolute Gasteiger partial charge is 0.441 e. The molecule has 0 amide bonds. The van der Waals surface area contributed by atoms with Gasteiger partial charge < -0.3 is 4.74 Å². The number of nitrogens with zero attached hydrogens (tertiary/aromatic N) is 2. The van der Waals surface area contributed by atoms with Crippen molar-refractivity contribution < 1.29 is 9.53 Å². The summed E-state index contributed by atoms with van der Waals surface area (Å²) in [4.78, 5) is 10.9. The van der Waals surface area contributed by atoms with E-state index in [9.17, 15) is 4.79 Å². The third-order valence-electron chi connectivity index (χ3n) is 2.08. The van der Waals surface area contributed by atoms with Crippen molar-refractivity contribution in [1.82, 2.24) is 0 Å². The molecule has 1 aliphatic heterocycles. The predicted molar refractivity (Wildman–Crippen MR) is 38.4 cm³/mol. The highest BCUT2D eigenvalue weighted by Gasteiger charge is 2.66. The molecule has 1 heterocycles. The summed E-state index contributed by atoms with van der Waals surface area (Å²) >= 11 is 0. The van der Waals surface area contributed by atoms with Crippen molar-refractivity contribution in [3.05, 3.63) is 0 Å². The van der Waals surface area contributed by atoms with Gasteiger partial charge in [0.15, 0.2) is 5.92 Å². The topological polar surface area (TPSA) is 77.2 Å². The Bertz CT molecular complexity index is 283. The summed E-state index contributed by atoms with van der Waals surface area (Å²) in [6, 6.07) is 3.52. The molecule has 4 nitrogen and oxygen atoms in total. The van der Waals surface area contributed by atoms with E-state index in [1.165, 1.54) is 0 Å². The van der Waals surface area contributed by atoms with Gasteiger partial charge in [-0.2, -0.15) is 10.5 Å². The molecule has 0 aromatic carbocycles. The SMILES string of the molecule is CC(C)C1(C(C#N)C#N)OC1=O. The van der Waals surface area contributed by atoms with Gasteiger partial charge >= 0.3 is 5.97 Å². The number of ether oxygens (including phenoxy) is 1. The maximum absolute atomic E-state index is 10.9. The van der Waals surface area contributed by atoms with Crippen LogP contribution in [0.1, 0.15) is 13.8 Å². The minimum Gasteiger partial charge on any atom is -0.441 e. The van der Waals surface area contributed by atoms with Crippen LogP contribution in [-0.2, 0) is 9.53 Å². The molecule has 0 bridgehead atoms. The predicted octanol–water partition coefficient (Wildman–Crippen LogP) is 0.601. The molecule has 0 aromatic heterocycles. The Kier molecular flexibility index (Phi) is 1.78. The molecule has 1 atom stereocenters. The van der Waals surface area contributed by atoms with E-state index in [2.05, 4.69) is 0 Å². The second kappa shape index (κ2) is 2.49. The zero-order valence-corrected chi connectivity index (χ0v) is 6.87. The Morgan fingerprint density at radius 1 is 1.42 bits per heavy atom. The van der Waals surface area contributed by atoms with Gasteiger partial charge in [0.05, 0.1) is 12.1 Å². The van der Waals surface area contributed by atoms with Crippen LogP contribution in [0.2, 0.25) is 0 Å². The van der Waals surface area contributed by atoms with Crippen LogP contribution in [0.25, 0.3) is 0 Å². The summed E-state index contributed by atoms with van der Waals surface area (Å²) < 4.78 is 4.73. The van der Waals surface area contributed by atoms with Crippen LogP contribution in [-0.4, -0.2) is 11.6 Å². The van der Waals surface area contributed by atoms with E-state index in [0.717, 1.165) is 0 Å². The molecule has 62 valence electrons. The van der Waals surface area contributed by atoms with Crippen LogP contribution in [0.4, 0.5) is 0 Å². The number of cyclic esters (lactones) is 1. The van der Waals surface area contributed by atoms with E-state index < -0.39 is 17.5 Å². The molecule has 0 aliphatic carbocycles. The maximum atomic E-state index is 10.9. The van der Waals surface area contributed by atoms with E-state index >= 15 is 0 Å². The molecule has 0 saturated carbocycles. The monoisotopic (exact) mass is 164 g/mol. The first-order valence-corrected chi connectivity index (χ1v) is 3.62. The molecule has 1 aliphatic rings. The number of carbonyl (C=O) groups is 1. The first kappa shape index (κ1) is 8.55. The second-order valence-corrected chi connectivity index (χ2v) is 3.03. The highest BCUT2D eigenvalue weighted by molar-refractivity contribution is 5.94. The average Bonchev–Trinajstić information content (AvgIpc) is 2.66. The molecule has 0 radical (unpaired) electrons. The Labute approximate surface area is 70.3 Å². The van der Waals surface area contributed by atoms with Crippen LogP contribution in [0.5, 0.6) is 0 Å². The lowest BCUT2D eigenvalue weighted by Crippen LogP contribution is -2.29. The molecule has 12 heavy (non-hydrogen) atoms. The number of hydrogen-bond donors (Lipinski definition) is 0. The van der Waals surface area contributed by atoms with Gasteiger partial charge in [-0.3, -0.25) is 0 Å². The number of rotatable bonds is 2. The summed E-state index contributed by atoms with van der Waals surface area (Å²) in [5.74, 6) is -1.55. The van der Waals surface area contributed by atoms with Gasteiger partial charge in [0.25, 0.3) is 0 Å². The molecule has 0 N–H and O–H groups in total. The van der Waals surface area contributed by atoms with Crippen molar-refractivity contribution in [1.29, 1.82) is 10.5 Å². The molecule has 1 unspecified atom stereocenters. The Balaban J connectivity index is 2.93. The minimum atomic E-state index is -1.14. The Hall–Kier alpha value is -1.55. The summed E-state index contributed by atoms with van der Waals surface area (Å²) in [6.45, 7) is 3.51. The minimum absolute atomic E-state index is 0.130. The summed E-state index contributed by atoms with van der Waals surface area (Å²) in [6.07, 6.45) is 0. The molecule has 4 heteroatoms. The van der Waals surface area contributed by atoms with Gasteiger partial charge in [0.1, 0.15) is 0 Å². The van der Waals surface area contributed by atoms with E-state index in [1.807, 2.05) is 0 Å². The molecule has 1 saturated heterocycles.